The summed E-state index contributed by atoms with van der Waals surface area (Å²) in [6, 6.07) is 19.7. The van der Waals surface area contributed by atoms with E-state index in [4.69, 9.17) is 0 Å². The van der Waals surface area contributed by atoms with Gasteiger partial charge in [0.1, 0.15) is 0 Å². The largest absolute Gasteiger partial charge is 0.395 e. The van der Waals surface area contributed by atoms with E-state index >= 15 is 0 Å². The summed E-state index contributed by atoms with van der Waals surface area (Å²) < 4.78 is 0. The third kappa shape index (κ3) is 4.32. The van der Waals surface area contributed by atoms with E-state index in [1.807, 2.05) is 60.5 Å². The van der Waals surface area contributed by atoms with Gasteiger partial charge in [-0.2, -0.15) is 0 Å². The second-order valence-corrected chi connectivity index (χ2v) is 7.03. The maximum absolute atomic E-state index is 13.2. The van der Waals surface area contributed by atoms with E-state index in [1.54, 1.807) is 0 Å². The smallest absolute Gasteiger partial charge is 0.232 e. The second-order valence-electron chi connectivity index (χ2n) is 7.03. The van der Waals surface area contributed by atoms with Crippen LogP contribution in [0, 0.1) is 0 Å². The summed E-state index contributed by atoms with van der Waals surface area (Å²) in [4.78, 5) is 17.5. The molecule has 138 valence electrons. The topological polar surface area (TPSA) is 43.8 Å². The van der Waals surface area contributed by atoms with Crippen LogP contribution in [0.15, 0.2) is 60.7 Å². The molecule has 3 rings (SSSR count). The number of carbonyl (C=O) groups excluding carboxylic acids is 1. The van der Waals surface area contributed by atoms with Crippen LogP contribution in [-0.2, 0) is 4.79 Å². The number of nitrogens with zero attached hydrogens (tertiary/aromatic N) is 2. The van der Waals surface area contributed by atoms with Crippen molar-refractivity contribution in [3.63, 3.8) is 0 Å². The predicted molar refractivity (Wildman–Crippen MR) is 104 cm³/mol. The van der Waals surface area contributed by atoms with Gasteiger partial charge in [-0.1, -0.05) is 60.7 Å². The van der Waals surface area contributed by atoms with Gasteiger partial charge in [0.2, 0.25) is 5.91 Å². The van der Waals surface area contributed by atoms with Crippen molar-refractivity contribution >= 4 is 5.91 Å². The van der Waals surface area contributed by atoms with Gasteiger partial charge in [0.15, 0.2) is 0 Å². The number of benzene rings is 2. The Hall–Kier alpha value is -2.17. The number of likely N-dealkylation sites (N-methyl/N-ethyl adjacent to an activating group) is 1. The number of amides is 1. The minimum atomic E-state index is -0.522. The third-order valence-corrected chi connectivity index (χ3v) is 5.31. The minimum Gasteiger partial charge on any atom is -0.395 e. The molecular formula is C22H28N2O2. The summed E-state index contributed by atoms with van der Waals surface area (Å²) in [5, 5.41) is 9.88. The molecule has 26 heavy (non-hydrogen) atoms. The van der Waals surface area contributed by atoms with Crippen molar-refractivity contribution in [2.75, 3.05) is 33.3 Å². The lowest BCUT2D eigenvalue weighted by atomic mass is 9.96. The van der Waals surface area contributed by atoms with Gasteiger partial charge in [-0.05, 0) is 37.1 Å². The number of hydrogen-bond donors (Lipinski definition) is 1. The number of likely N-dealkylation sites (tertiary alicyclic amines) is 1. The minimum absolute atomic E-state index is 0.0143. The van der Waals surface area contributed by atoms with Gasteiger partial charge < -0.3 is 14.9 Å². The van der Waals surface area contributed by atoms with Crippen molar-refractivity contribution < 1.29 is 9.90 Å². The summed E-state index contributed by atoms with van der Waals surface area (Å²) in [7, 11) is 1.86. The lowest BCUT2D eigenvalue weighted by Crippen LogP contribution is -2.41. The number of carbonyl (C=O) groups is 1. The van der Waals surface area contributed by atoms with Crippen molar-refractivity contribution in [1.29, 1.82) is 0 Å². The van der Waals surface area contributed by atoms with Crippen LogP contribution < -0.4 is 0 Å². The van der Waals surface area contributed by atoms with E-state index in [0.29, 0.717) is 0 Å². The average Bonchev–Trinajstić information content (AvgIpc) is 3.21. The van der Waals surface area contributed by atoms with E-state index < -0.39 is 5.92 Å². The van der Waals surface area contributed by atoms with Crippen LogP contribution in [0.25, 0.3) is 0 Å². The fourth-order valence-electron chi connectivity index (χ4n) is 3.75. The molecule has 1 heterocycles. The Labute approximate surface area is 156 Å². The molecule has 1 N–H and O–H groups in total. The highest BCUT2D eigenvalue weighted by Gasteiger charge is 2.30. The zero-order valence-corrected chi connectivity index (χ0v) is 15.4. The molecule has 2 aromatic rings. The number of hydrogen-bond acceptors (Lipinski definition) is 3. The molecule has 1 fully saturated rings. The molecule has 1 unspecified atom stereocenters. The molecule has 1 amide bonds. The monoisotopic (exact) mass is 352 g/mol. The number of rotatable bonds is 7. The molecule has 0 saturated carbocycles. The van der Waals surface area contributed by atoms with Gasteiger partial charge in [0.25, 0.3) is 0 Å². The molecule has 1 aliphatic heterocycles. The maximum atomic E-state index is 13.2. The summed E-state index contributed by atoms with van der Waals surface area (Å²) >= 11 is 0. The second kappa shape index (κ2) is 8.97. The van der Waals surface area contributed by atoms with Gasteiger partial charge in [-0.15, -0.1) is 0 Å². The molecule has 4 heteroatoms. The molecule has 0 aromatic heterocycles. The SMILES string of the molecule is CN(C(=O)C(CO)c1ccccc1)[C@H](CN1CCCC1)c1ccccc1. The summed E-state index contributed by atoms with van der Waals surface area (Å²) in [6.45, 7) is 2.83. The van der Waals surface area contributed by atoms with Crippen LogP contribution in [0.2, 0.25) is 0 Å². The highest BCUT2D eigenvalue weighted by molar-refractivity contribution is 5.84. The van der Waals surface area contributed by atoms with Crippen molar-refractivity contribution in [2.24, 2.45) is 0 Å². The van der Waals surface area contributed by atoms with Gasteiger partial charge in [-0.3, -0.25) is 4.79 Å². The fraction of sp³-hybridized carbons (Fsp3) is 0.409. The summed E-state index contributed by atoms with van der Waals surface area (Å²) in [5.74, 6) is -0.558. The lowest BCUT2D eigenvalue weighted by molar-refractivity contribution is -0.135. The molecular weight excluding hydrogens is 324 g/mol. The van der Waals surface area contributed by atoms with E-state index in [-0.39, 0.29) is 18.6 Å². The van der Waals surface area contributed by atoms with Crippen LogP contribution in [0.1, 0.15) is 35.9 Å². The van der Waals surface area contributed by atoms with Crippen molar-refractivity contribution in [2.45, 2.75) is 24.8 Å². The van der Waals surface area contributed by atoms with Gasteiger partial charge >= 0.3 is 0 Å². The first-order chi connectivity index (χ1) is 12.7. The van der Waals surface area contributed by atoms with Crippen molar-refractivity contribution in [1.82, 2.24) is 9.80 Å². The molecule has 1 aliphatic rings. The Morgan fingerprint density at radius 2 is 1.54 bits per heavy atom. The van der Waals surface area contributed by atoms with Gasteiger partial charge in [-0.25, -0.2) is 0 Å². The van der Waals surface area contributed by atoms with Crippen LogP contribution in [0.5, 0.6) is 0 Å². The first-order valence-corrected chi connectivity index (χ1v) is 9.40. The predicted octanol–water partition coefficient (Wildman–Crippen LogP) is 3.06. The third-order valence-electron chi connectivity index (χ3n) is 5.31. The summed E-state index contributed by atoms with van der Waals surface area (Å²) in [5.41, 5.74) is 2.00. The highest BCUT2D eigenvalue weighted by atomic mass is 16.3. The number of aliphatic hydroxyl groups excluding tert-OH is 1. The molecule has 0 radical (unpaired) electrons. The first kappa shape index (κ1) is 18.6. The molecule has 2 atom stereocenters. The zero-order valence-electron chi connectivity index (χ0n) is 15.4. The van der Waals surface area contributed by atoms with Crippen molar-refractivity contribution in [3.05, 3.63) is 71.8 Å². The standard InChI is InChI=1S/C22H28N2O2/c1-23(22(26)20(17-25)18-10-4-2-5-11-18)21(16-24-14-8-9-15-24)19-12-6-3-7-13-19/h2-7,10-13,20-21,25H,8-9,14-17H2,1H3/t20?,21-/m1/s1. The fourth-order valence-corrected chi connectivity index (χ4v) is 3.75. The van der Waals surface area contributed by atoms with Crippen LogP contribution >= 0.6 is 0 Å². The molecule has 0 aliphatic carbocycles. The highest BCUT2D eigenvalue weighted by Crippen LogP contribution is 2.27. The number of aliphatic hydroxyl groups is 1. The van der Waals surface area contributed by atoms with Crippen LogP contribution in [0.3, 0.4) is 0 Å². The van der Waals surface area contributed by atoms with E-state index in [2.05, 4.69) is 17.0 Å². The Bertz CT molecular complexity index is 684. The Balaban J connectivity index is 1.83. The average molecular weight is 352 g/mol. The van der Waals surface area contributed by atoms with Crippen LogP contribution in [-0.4, -0.2) is 54.1 Å². The van der Waals surface area contributed by atoms with E-state index in [0.717, 1.165) is 30.8 Å². The molecule has 2 aromatic carbocycles. The molecule has 4 nitrogen and oxygen atoms in total. The summed E-state index contributed by atoms with van der Waals surface area (Å²) in [6.07, 6.45) is 2.45. The Kier molecular flexibility index (Phi) is 6.42. The van der Waals surface area contributed by atoms with Crippen LogP contribution in [0.4, 0.5) is 0 Å². The van der Waals surface area contributed by atoms with Gasteiger partial charge in [0, 0.05) is 13.6 Å². The normalized spacial score (nSPS) is 17.0. The Morgan fingerprint density at radius 3 is 2.08 bits per heavy atom. The first-order valence-electron chi connectivity index (χ1n) is 9.40. The van der Waals surface area contributed by atoms with Crippen molar-refractivity contribution in [3.8, 4) is 0 Å². The van der Waals surface area contributed by atoms with E-state index in [9.17, 15) is 9.90 Å². The molecule has 0 spiro atoms. The Morgan fingerprint density at radius 1 is 1.00 bits per heavy atom. The zero-order chi connectivity index (χ0) is 18.4. The van der Waals surface area contributed by atoms with E-state index in [1.165, 1.54) is 12.8 Å². The molecule has 0 bridgehead atoms. The maximum Gasteiger partial charge on any atom is 0.232 e. The lowest BCUT2D eigenvalue weighted by Gasteiger charge is -2.34. The van der Waals surface area contributed by atoms with Gasteiger partial charge in [0.05, 0.1) is 18.6 Å². The molecule has 1 saturated heterocycles. The quantitative estimate of drug-likeness (QED) is 0.833.